The molecule has 2 rings (SSSR count). The highest BCUT2D eigenvalue weighted by molar-refractivity contribution is 9.10. The molecule has 6 heteroatoms. The first kappa shape index (κ1) is 15.0. The molecule has 0 unspecified atom stereocenters. The second-order valence-corrected chi connectivity index (χ2v) is 7.75. The Morgan fingerprint density at radius 1 is 1.42 bits per heavy atom. The van der Waals surface area contributed by atoms with Crippen LogP contribution in [0.5, 0.6) is 0 Å². The summed E-state index contributed by atoms with van der Waals surface area (Å²) in [6.45, 7) is 2.77. The summed E-state index contributed by atoms with van der Waals surface area (Å²) in [5, 5.41) is 0. The van der Waals surface area contributed by atoms with Crippen LogP contribution in [0.2, 0.25) is 0 Å². The molecular weight excluding hydrogens is 330 g/mol. The van der Waals surface area contributed by atoms with E-state index in [4.69, 9.17) is 4.74 Å². The fraction of sp³-hybridized carbons (Fsp3) is 0.538. The van der Waals surface area contributed by atoms with Crippen LogP contribution in [0.25, 0.3) is 0 Å². The number of nitrogens with zero attached hydrogens (tertiary/aromatic N) is 1. The Morgan fingerprint density at radius 3 is 2.84 bits per heavy atom. The molecular formula is C13H18BrNO3S. The number of sulfonamides is 1. The Labute approximate surface area is 122 Å². The summed E-state index contributed by atoms with van der Waals surface area (Å²) < 4.78 is 32.2. The summed E-state index contributed by atoms with van der Waals surface area (Å²) >= 11 is 3.44. The fourth-order valence-corrected chi connectivity index (χ4v) is 4.26. The Morgan fingerprint density at radius 2 is 2.16 bits per heavy atom. The summed E-state index contributed by atoms with van der Waals surface area (Å²) in [5.41, 5.74) is 2.31. The van der Waals surface area contributed by atoms with Crippen LogP contribution < -0.4 is 0 Å². The van der Waals surface area contributed by atoms with Crippen LogP contribution in [-0.2, 0) is 27.7 Å². The molecule has 1 heterocycles. The number of rotatable bonds is 4. The zero-order chi connectivity index (χ0) is 14.0. The van der Waals surface area contributed by atoms with Crippen molar-refractivity contribution in [2.45, 2.75) is 26.0 Å². The van der Waals surface area contributed by atoms with Crippen LogP contribution in [0, 0.1) is 0 Å². The van der Waals surface area contributed by atoms with Gasteiger partial charge in [-0.3, -0.25) is 0 Å². The van der Waals surface area contributed by atoms with Crippen molar-refractivity contribution in [2.24, 2.45) is 0 Å². The van der Waals surface area contributed by atoms with Gasteiger partial charge in [0.25, 0.3) is 0 Å². The van der Waals surface area contributed by atoms with Gasteiger partial charge < -0.3 is 4.74 Å². The van der Waals surface area contributed by atoms with E-state index in [9.17, 15) is 8.42 Å². The van der Waals surface area contributed by atoms with Crippen LogP contribution in [0.4, 0.5) is 0 Å². The lowest BCUT2D eigenvalue weighted by atomic mass is 10.0. The van der Waals surface area contributed by atoms with E-state index >= 15 is 0 Å². The van der Waals surface area contributed by atoms with Gasteiger partial charge in [0.2, 0.25) is 10.0 Å². The predicted molar refractivity (Wildman–Crippen MR) is 78.5 cm³/mol. The smallest absolute Gasteiger partial charge is 0.216 e. The topological polar surface area (TPSA) is 46.6 Å². The second-order valence-electron chi connectivity index (χ2n) is 4.82. The van der Waals surface area contributed by atoms with E-state index in [0.717, 1.165) is 16.5 Å². The Hall–Kier alpha value is -0.430. The number of halogens is 1. The molecule has 19 heavy (non-hydrogen) atoms. The van der Waals surface area contributed by atoms with Gasteiger partial charge in [-0.25, -0.2) is 8.42 Å². The normalized spacial score (nSPS) is 18.1. The molecule has 0 aromatic heterocycles. The highest BCUT2D eigenvalue weighted by Gasteiger charge is 2.28. The minimum absolute atomic E-state index is 0.0371. The van der Waals surface area contributed by atoms with Gasteiger partial charge in [0.05, 0.1) is 11.9 Å². The van der Waals surface area contributed by atoms with Crippen molar-refractivity contribution in [2.75, 3.05) is 19.4 Å². The molecule has 1 aliphatic heterocycles. The zero-order valence-corrected chi connectivity index (χ0v) is 13.5. The Balaban J connectivity index is 2.15. The van der Waals surface area contributed by atoms with E-state index in [0.29, 0.717) is 13.1 Å². The van der Waals surface area contributed by atoms with E-state index < -0.39 is 10.0 Å². The monoisotopic (exact) mass is 347 g/mol. The number of hydrogen-bond donors (Lipinski definition) is 0. The number of benzene rings is 1. The molecule has 4 nitrogen and oxygen atoms in total. The van der Waals surface area contributed by atoms with Crippen LogP contribution >= 0.6 is 15.9 Å². The predicted octanol–water partition coefficient (Wildman–Crippen LogP) is 2.17. The molecule has 0 bridgehead atoms. The number of fused-ring (bicyclic) bond motifs is 1. The number of hydrogen-bond acceptors (Lipinski definition) is 3. The van der Waals surface area contributed by atoms with Crippen LogP contribution in [0.1, 0.15) is 18.1 Å². The van der Waals surface area contributed by atoms with Gasteiger partial charge >= 0.3 is 0 Å². The van der Waals surface area contributed by atoms with Gasteiger partial charge in [0, 0.05) is 24.7 Å². The lowest BCUT2D eigenvalue weighted by Crippen LogP contribution is -2.39. The van der Waals surface area contributed by atoms with Crippen molar-refractivity contribution < 1.29 is 13.2 Å². The highest BCUT2D eigenvalue weighted by Crippen LogP contribution is 2.24. The van der Waals surface area contributed by atoms with E-state index in [1.54, 1.807) is 11.2 Å². The maximum absolute atomic E-state index is 12.3. The molecule has 0 amide bonds. The largest absolute Gasteiger partial charge is 0.381 e. The number of ether oxygens (including phenoxy) is 1. The minimum Gasteiger partial charge on any atom is -0.381 e. The van der Waals surface area contributed by atoms with Crippen LogP contribution in [-0.4, -0.2) is 38.2 Å². The lowest BCUT2D eigenvalue weighted by Gasteiger charge is -2.29. The van der Waals surface area contributed by atoms with Gasteiger partial charge in [-0.1, -0.05) is 22.0 Å². The summed E-state index contributed by atoms with van der Waals surface area (Å²) in [6, 6.07) is 6.00. The number of methoxy groups -OCH3 is 1. The second kappa shape index (κ2) is 5.91. The van der Waals surface area contributed by atoms with E-state index in [2.05, 4.69) is 22.0 Å². The molecule has 0 saturated carbocycles. The molecule has 0 saturated heterocycles. The van der Waals surface area contributed by atoms with Gasteiger partial charge in [-0.15, -0.1) is 0 Å². The summed E-state index contributed by atoms with van der Waals surface area (Å²) in [6.07, 6.45) is 0.478. The van der Waals surface area contributed by atoms with Crippen molar-refractivity contribution >= 4 is 26.0 Å². The van der Waals surface area contributed by atoms with Gasteiger partial charge in [-0.05, 0) is 36.6 Å². The maximum atomic E-state index is 12.3. The first-order valence-corrected chi connectivity index (χ1v) is 8.60. The SMILES string of the molecule is CO[C@@H](C)CS(=O)(=O)N1CCc2cc(Br)ccc2C1. The molecule has 1 aliphatic rings. The molecule has 1 aromatic carbocycles. The van der Waals surface area contributed by atoms with Crippen molar-refractivity contribution in [1.82, 2.24) is 4.31 Å². The van der Waals surface area contributed by atoms with Crippen LogP contribution in [0.3, 0.4) is 0 Å². The van der Waals surface area contributed by atoms with E-state index in [1.165, 1.54) is 12.7 Å². The van der Waals surface area contributed by atoms with E-state index in [1.807, 2.05) is 12.1 Å². The molecule has 1 aromatic rings. The molecule has 0 N–H and O–H groups in total. The first-order chi connectivity index (χ1) is 8.92. The van der Waals surface area contributed by atoms with Gasteiger partial charge in [-0.2, -0.15) is 4.31 Å². The molecule has 106 valence electrons. The molecule has 0 spiro atoms. The Kier molecular flexibility index (Phi) is 4.66. The third-order valence-corrected chi connectivity index (χ3v) is 5.87. The quantitative estimate of drug-likeness (QED) is 0.838. The standard InChI is InChI=1S/C13H18BrNO3S/c1-10(18-2)9-19(16,17)15-6-5-11-7-13(14)4-3-12(11)8-15/h3-4,7,10H,5-6,8-9H2,1-2H3/t10-/m0/s1. The van der Waals surface area contributed by atoms with Gasteiger partial charge in [0.15, 0.2) is 0 Å². The third-order valence-electron chi connectivity index (χ3n) is 3.39. The minimum atomic E-state index is -3.25. The third kappa shape index (κ3) is 3.56. The van der Waals surface area contributed by atoms with E-state index in [-0.39, 0.29) is 11.9 Å². The van der Waals surface area contributed by atoms with Crippen molar-refractivity contribution in [3.63, 3.8) is 0 Å². The zero-order valence-electron chi connectivity index (χ0n) is 11.1. The molecule has 0 radical (unpaired) electrons. The summed E-state index contributed by atoms with van der Waals surface area (Å²) in [5.74, 6) is 0.0371. The maximum Gasteiger partial charge on any atom is 0.216 e. The van der Waals surface area contributed by atoms with Crippen molar-refractivity contribution in [3.05, 3.63) is 33.8 Å². The molecule has 1 atom stereocenters. The average molecular weight is 348 g/mol. The summed E-state index contributed by atoms with van der Waals surface area (Å²) in [4.78, 5) is 0. The first-order valence-electron chi connectivity index (χ1n) is 6.20. The lowest BCUT2D eigenvalue weighted by molar-refractivity contribution is 0.135. The highest BCUT2D eigenvalue weighted by atomic mass is 79.9. The molecule has 0 aliphatic carbocycles. The average Bonchev–Trinajstić information content (AvgIpc) is 2.37. The molecule has 0 fully saturated rings. The van der Waals surface area contributed by atoms with Gasteiger partial charge in [0.1, 0.15) is 0 Å². The van der Waals surface area contributed by atoms with Crippen LogP contribution in [0.15, 0.2) is 22.7 Å². The van der Waals surface area contributed by atoms with Crippen molar-refractivity contribution in [3.8, 4) is 0 Å². The fourth-order valence-electron chi connectivity index (χ4n) is 2.20. The Bertz CT molecular complexity index is 559. The summed E-state index contributed by atoms with van der Waals surface area (Å²) in [7, 11) is -1.72. The van der Waals surface area contributed by atoms with Crippen molar-refractivity contribution in [1.29, 1.82) is 0 Å².